The third kappa shape index (κ3) is 7.69. The third-order valence-electron chi connectivity index (χ3n) is 4.68. The molecule has 0 radical (unpaired) electrons. The Morgan fingerprint density at radius 3 is 2.43 bits per heavy atom. The van der Waals surface area contributed by atoms with Crippen LogP contribution in [-0.2, 0) is 4.74 Å². The maximum absolute atomic E-state index is 6.11. The zero-order chi connectivity index (χ0) is 19.6. The van der Waals surface area contributed by atoms with Crippen LogP contribution < -0.4 is 0 Å². The predicted molar refractivity (Wildman–Crippen MR) is 126 cm³/mol. The first-order chi connectivity index (χ1) is 13.7. The van der Waals surface area contributed by atoms with E-state index >= 15 is 0 Å². The molecule has 1 fully saturated rings. The molecule has 0 heterocycles. The molecule has 2 aromatic rings. The van der Waals surface area contributed by atoms with Gasteiger partial charge in [0.1, 0.15) is 0 Å². The van der Waals surface area contributed by atoms with E-state index in [0.717, 1.165) is 16.0 Å². The molecule has 2 aromatic carbocycles. The number of rotatable bonds is 7. The van der Waals surface area contributed by atoms with Gasteiger partial charge in [0.15, 0.2) is 0 Å². The van der Waals surface area contributed by atoms with Gasteiger partial charge in [0.2, 0.25) is 5.90 Å². The van der Waals surface area contributed by atoms with Crippen LogP contribution in [0, 0.1) is 12.8 Å². The summed E-state index contributed by atoms with van der Waals surface area (Å²) >= 11 is 6.61. The van der Waals surface area contributed by atoms with Crippen molar-refractivity contribution in [2.45, 2.75) is 48.8 Å². The van der Waals surface area contributed by atoms with Crippen molar-refractivity contribution in [1.82, 2.24) is 0 Å². The monoisotopic (exact) mass is 475 g/mol. The third-order valence-corrected chi connectivity index (χ3v) is 6.78. The van der Waals surface area contributed by atoms with Gasteiger partial charge in [-0.3, -0.25) is 0 Å². The molecule has 0 bridgehead atoms. The number of ether oxygens (including phenoxy) is 1. The van der Waals surface area contributed by atoms with Crippen molar-refractivity contribution in [3.8, 4) is 0 Å². The van der Waals surface area contributed by atoms with Gasteiger partial charge in [0.25, 0.3) is 0 Å². The highest BCUT2D eigenvalue weighted by molar-refractivity contribution is 9.10. The molecule has 148 valence electrons. The lowest BCUT2D eigenvalue weighted by atomic mass is 9.90. The van der Waals surface area contributed by atoms with E-state index in [2.05, 4.69) is 81.2 Å². The topological polar surface area (TPSA) is 21.6 Å². The molecule has 0 aromatic heterocycles. The Bertz CT molecular complexity index is 781. The van der Waals surface area contributed by atoms with Gasteiger partial charge in [0, 0.05) is 32.3 Å². The first-order valence-corrected chi connectivity index (χ1v) is 12.2. The minimum atomic E-state index is 0.663. The van der Waals surface area contributed by atoms with Crippen LogP contribution in [0.3, 0.4) is 0 Å². The first-order valence-electron chi connectivity index (χ1n) is 9.72. The number of hydrogen-bond acceptors (Lipinski definition) is 4. The van der Waals surface area contributed by atoms with Crippen LogP contribution in [0.25, 0.3) is 0 Å². The molecular weight excluding hydrogens is 450 g/mol. The second-order valence-corrected chi connectivity index (χ2v) is 9.75. The fourth-order valence-electron chi connectivity index (χ4n) is 3.04. The summed E-state index contributed by atoms with van der Waals surface area (Å²) in [7, 11) is 0. The summed E-state index contributed by atoms with van der Waals surface area (Å²) in [6.07, 6.45) is 8.55. The molecule has 0 unspecified atom stereocenters. The van der Waals surface area contributed by atoms with E-state index in [1.54, 1.807) is 11.8 Å². The fourth-order valence-corrected chi connectivity index (χ4v) is 4.51. The van der Waals surface area contributed by atoms with E-state index in [1.165, 1.54) is 54.5 Å². The number of halogens is 1. The maximum Gasteiger partial charge on any atom is 0.221 e. The van der Waals surface area contributed by atoms with Crippen molar-refractivity contribution in [2.75, 3.05) is 6.61 Å². The minimum Gasteiger partial charge on any atom is -0.477 e. The summed E-state index contributed by atoms with van der Waals surface area (Å²) in [4.78, 5) is 2.32. The Hall–Kier alpha value is -1.17. The number of hydrogen-bond donors (Lipinski definition) is 0. The lowest BCUT2D eigenvalue weighted by Gasteiger charge is -2.21. The van der Waals surface area contributed by atoms with Crippen LogP contribution in [-0.4, -0.2) is 12.5 Å². The highest BCUT2D eigenvalue weighted by atomic mass is 79.9. The van der Waals surface area contributed by atoms with Crippen molar-refractivity contribution in [2.24, 2.45) is 10.3 Å². The summed E-state index contributed by atoms with van der Waals surface area (Å²) in [5.74, 6) is 1.36. The summed E-state index contributed by atoms with van der Waals surface area (Å²) in [6.45, 7) is 2.86. The van der Waals surface area contributed by atoms with Crippen molar-refractivity contribution in [3.63, 3.8) is 0 Å². The van der Waals surface area contributed by atoms with Crippen molar-refractivity contribution in [3.05, 3.63) is 70.1 Å². The van der Waals surface area contributed by atoms with Crippen LogP contribution in [0.2, 0.25) is 0 Å². The molecule has 1 aliphatic rings. The zero-order valence-electron chi connectivity index (χ0n) is 16.1. The molecule has 5 heteroatoms. The van der Waals surface area contributed by atoms with Gasteiger partial charge in [-0.15, -0.1) is 0 Å². The van der Waals surface area contributed by atoms with Crippen LogP contribution in [0.4, 0.5) is 0 Å². The summed E-state index contributed by atoms with van der Waals surface area (Å²) in [5, 5.41) is 2.05. The Balaban J connectivity index is 1.61. The fraction of sp³-hybridized carbons (Fsp3) is 0.348. The standard InChI is InChI=1S/C23H26BrNOS2/c1-18-7-11-22(12-8-18)28-25-23(26-17-19-5-3-2-4-6-19)15-16-27-21-13-9-20(24)10-14-21/h7-16,19H,2-6,17H2,1H3/b16-15+,25-23-. The van der Waals surface area contributed by atoms with Gasteiger partial charge in [-0.2, -0.15) is 4.40 Å². The minimum absolute atomic E-state index is 0.663. The highest BCUT2D eigenvalue weighted by Crippen LogP contribution is 2.26. The van der Waals surface area contributed by atoms with Gasteiger partial charge in [0.05, 0.1) is 6.61 Å². The summed E-state index contributed by atoms with van der Waals surface area (Å²) < 4.78 is 11.9. The highest BCUT2D eigenvalue weighted by Gasteiger charge is 2.14. The molecule has 0 N–H and O–H groups in total. The van der Waals surface area contributed by atoms with E-state index in [9.17, 15) is 0 Å². The van der Waals surface area contributed by atoms with Crippen LogP contribution >= 0.6 is 39.6 Å². The molecule has 1 saturated carbocycles. The lowest BCUT2D eigenvalue weighted by molar-refractivity contribution is 0.201. The van der Waals surface area contributed by atoms with E-state index in [4.69, 9.17) is 4.74 Å². The Labute approximate surface area is 185 Å². The van der Waals surface area contributed by atoms with Gasteiger partial charge in [-0.05, 0) is 67.5 Å². The Morgan fingerprint density at radius 2 is 1.71 bits per heavy atom. The molecule has 3 rings (SSSR count). The van der Waals surface area contributed by atoms with Crippen LogP contribution in [0.1, 0.15) is 37.7 Å². The second kappa shape index (κ2) is 11.7. The maximum atomic E-state index is 6.11. The van der Waals surface area contributed by atoms with E-state index in [0.29, 0.717) is 11.8 Å². The zero-order valence-corrected chi connectivity index (χ0v) is 19.4. The Kier molecular flexibility index (Phi) is 9.03. The number of nitrogens with zero attached hydrogens (tertiary/aromatic N) is 1. The van der Waals surface area contributed by atoms with Crippen LogP contribution in [0.5, 0.6) is 0 Å². The number of thioether (sulfide) groups is 1. The van der Waals surface area contributed by atoms with E-state index < -0.39 is 0 Å². The van der Waals surface area contributed by atoms with Gasteiger partial charge >= 0.3 is 0 Å². The first kappa shape index (κ1) is 21.5. The Morgan fingerprint density at radius 1 is 1.04 bits per heavy atom. The quantitative estimate of drug-likeness (QED) is 0.175. The molecule has 0 aliphatic heterocycles. The summed E-state index contributed by atoms with van der Waals surface area (Å²) in [5.41, 5.74) is 1.26. The van der Waals surface area contributed by atoms with Gasteiger partial charge in [-0.25, -0.2) is 0 Å². The largest absolute Gasteiger partial charge is 0.477 e. The molecular formula is C23H26BrNOS2. The SMILES string of the molecule is Cc1ccc(S/N=C(/C=C/Sc2ccc(Br)cc2)OCC2CCCCC2)cc1. The second-order valence-electron chi connectivity index (χ2n) is 7.02. The number of benzene rings is 2. The van der Waals surface area contributed by atoms with Crippen molar-refractivity contribution >= 4 is 45.5 Å². The molecule has 0 atom stereocenters. The molecule has 2 nitrogen and oxygen atoms in total. The smallest absolute Gasteiger partial charge is 0.221 e. The average Bonchev–Trinajstić information content (AvgIpc) is 2.73. The van der Waals surface area contributed by atoms with Crippen LogP contribution in [0.15, 0.2) is 78.7 Å². The summed E-state index contributed by atoms with van der Waals surface area (Å²) in [6, 6.07) is 16.7. The number of aryl methyl sites for hydroxylation is 1. The van der Waals surface area contributed by atoms with Gasteiger partial charge in [-0.1, -0.05) is 64.7 Å². The van der Waals surface area contributed by atoms with Crippen molar-refractivity contribution < 1.29 is 4.74 Å². The van der Waals surface area contributed by atoms with E-state index in [-0.39, 0.29) is 0 Å². The molecule has 28 heavy (non-hydrogen) atoms. The van der Waals surface area contributed by atoms with Gasteiger partial charge < -0.3 is 4.74 Å². The molecule has 0 spiro atoms. The molecule has 1 aliphatic carbocycles. The van der Waals surface area contributed by atoms with Crippen molar-refractivity contribution in [1.29, 1.82) is 0 Å². The normalized spacial score (nSPS) is 15.9. The molecule has 0 saturated heterocycles. The van der Waals surface area contributed by atoms with E-state index in [1.807, 2.05) is 6.08 Å². The average molecular weight is 477 g/mol. The predicted octanol–water partition coefficient (Wildman–Crippen LogP) is 8.07. The molecule has 0 amide bonds. The lowest BCUT2D eigenvalue weighted by Crippen LogP contribution is -2.15.